The summed E-state index contributed by atoms with van der Waals surface area (Å²) in [5.41, 5.74) is -0.991. The van der Waals surface area contributed by atoms with E-state index in [4.69, 9.17) is 5.26 Å². The molecule has 1 unspecified atom stereocenters. The van der Waals surface area contributed by atoms with Gasteiger partial charge in [-0.1, -0.05) is 18.2 Å². The van der Waals surface area contributed by atoms with Crippen LogP contribution in [-0.2, 0) is 27.5 Å². The summed E-state index contributed by atoms with van der Waals surface area (Å²) in [5.74, 6) is -1.99. The summed E-state index contributed by atoms with van der Waals surface area (Å²) in [7, 11) is -3.84. The van der Waals surface area contributed by atoms with Crippen LogP contribution < -0.4 is 5.32 Å². The second-order valence-corrected chi connectivity index (χ2v) is 10.9. The maximum atomic E-state index is 14.1. The van der Waals surface area contributed by atoms with Gasteiger partial charge in [-0.2, -0.15) is 22.7 Å². The second kappa shape index (κ2) is 10.4. The molecule has 2 aliphatic heterocycles. The Morgan fingerprint density at radius 2 is 1.95 bits per heavy atom. The van der Waals surface area contributed by atoms with E-state index in [2.05, 4.69) is 5.32 Å². The monoisotopic (exact) mass is 540 g/mol. The predicted octanol–water partition coefficient (Wildman–Crippen LogP) is 2.76. The molecule has 0 aromatic heterocycles. The Morgan fingerprint density at radius 1 is 1.22 bits per heavy atom. The van der Waals surface area contributed by atoms with Crippen LogP contribution >= 0.6 is 0 Å². The van der Waals surface area contributed by atoms with Crippen molar-refractivity contribution in [1.29, 1.82) is 5.26 Å². The highest BCUT2D eigenvalue weighted by Gasteiger charge is 2.38. The molecule has 2 aromatic carbocycles. The van der Waals surface area contributed by atoms with E-state index in [-0.39, 0.29) is 41.6 Å². The molecule has 0 aliphatic carbocycles. The van der Waals surface area contributed by atoms with E-state index >= 15 is 0 Å². The number of rotatable bonds is 7. The van der Waals surface area contributed by atoms with Gasteiger partial charge < -0.3 is 10.4 Å². The fourth-order valence-corrected chi connectivity index (χ4v) is 6.01. The lowest BCUT2D eigenvalue weighted by Crippen LogP contribution is -2.49. The third-order valence-corrected chi connectivity index (χ3v) is 8.40. The van der Waals surface area contributed by atoms with E-state index < -0.39 is 45.8 Å². The van der Waals surface area contributed by atoms with Crippen LogP contribution in [0.25, 0.3) is 0 Å². The third-order valence-electron chi connectivity index (χ3n) is 6.57. The smallest absolute Gasteiger partial charge is 0.374 e. The SMILES string of the molecule is N#CC1CN(S(=O)(=O)c2cccc(C(O)N3CCC[C@@H]3C(=O)NCc3ccc(C(F)(F)F)cc3F)c2)C1. The highest BCUT2D eigenvalue weighted by molar-refractivity contribution is 7.89. The number of likely N-dealkylation sites (tertiary alicyclic amines) is 1. The first kappa shape index (κ1) is 27.0. The number of nitrogens with zero attached hydrogens (tertiary/aromatic N) is 3. The van der Waals surface area contributed by atoms with Gasteiger partial charge in [-0.25, -0.2) is 12.8 Å². The van der Waals surface area contributed by atoms with Crippen molar-refractivity contribution >= 4 is 15.9 Å². The Labute approximate surface area is 211 Å². The maximum absolute atomic E-state index is 14.1. The number of alkyl halides is 3. The van der Waals surface area contributed by atoms with Gasteiger partial charge in [0.05, 0.1) is 28.5 Å². The summed E-state index contributed by atoms with van der Waals surface area (Å²) in [6.45, 7) is 0.191. The van der Waals surface area contributed by atoms with E-state index in [1.54, 1.807) is 0 Å². The number of aliphatic hydroxyl groups excluding tert-OH is 1. The van der Waals surface area contributed by atoms with E-state index in [0.717, 1.165) is 12.1 Å². The van der Waals surface area contributed by atoms with Gasteiger partial charge in [0.15, 0.2) is 0 Å². The van der Waals surface area contributed by atoms with E-state index in [1.807, 2.05) is 6.07 Å². The first-order valence-electron chi connectivity index (χ1n) is 11.5. The minimum absolute atomic E-state index is 0.0431. The molecule has 198 valence electrons. The quantitative estimate of drug-likeness (QED) is 0.523. The molecule has 2 fully saturated rings. The van der Waals surface area contributed by atoms with Crippen molar-refractivity contribution in [2.24, 2.45) is 5.92 Å². The second-order valence-electron chi connectivity index (χ2n) is 9.01. The van der Waals surface area contributed by atoms with Crippen molar-refractivity contribution < 1.29 is 35.9 Å². The van der Waals surface area contributed by atoms with Crippen LogP contribution in [0.1, 0.15) is 35.8 Å². The summed E-state index contributed by atoms with van der Waals surface area (Å²) in [6, 6.07) is 8.99. The molecule has 13 heteroatoms. The minimum atomic E-state index is -4.69. The molecule has 2 heterocycles. The fraction of sp³-hybridized carbons (Fsp3) is 0.417. The van der Waals surface area contributed by atoms with Gasteiger partial charge in [0.2, 0.25) is 15.9 Å². The van der Waals surface area contributed by atoms with Crippen LogP contribution in [0.5, 0.6) is 0 Å². The Kier molecular flexibility index (Phi) is 7.57. The maximum Gasteiger partial charge on any atom is 0.416 e. The Hall–Kier alpha value is -3.05. The van der Waals surface area contributed by atoms with Crippen molar-refractivity contribution in [2.45, 2.75) is 42.7 Å². The average Bonchev–Trinajstić information content (AvgIpc) is 3.31. The lowest BCUT2D eigenvalue weighted by atomic mass is 10.1. The van der Waals surface area contributed by atoms with Gasteiger partial charge in [0.1, 0.15) is 12.0 Å². The Morgan fingerprint density at radius 3 is 2.59 bits per heavy atom. The molecule has 0 bridgehead atoms. The number of benzene rings is 2. The number of hydrogen-bond acceptors (Lipinski definition) is 6. The highest BCUT2D eigenvalue weighted by Crippen LogP contribution is 2.32. The van der Waals surface area contributed by atoms with Crippen LogP contribution in [0.3, 0.4) is 0 Å². The van der Waals surface area contributed by atoms with Gasteiger partial charge in [-0.3, -0.25) is 9.69 Å². The number of carbonyl (C=O) groups excluding carboxylic acids is 1. The summed E-state index contributed by atoms with van der Waals surface area (Å²) in [5, 5.41) is 22.4. The van der Waals surface area contributed by atoms with Gasteiger partial charge in [0.25, 0.3) is 0 Å². The molecular formula is C24H24F4N4O4S. The molecule has 2 aromatic rings. The summed E-state index contributed by atoms with van der Waals surface area (Å²) in [4.78, 5) is 14.3. The summed E-state index contributed by atoms with van der Waals surface area (Å²) >= 11 is 0. The zero-order chi connectivity index (χ0) is 27.0. The normalized spacial score (nSPS) is 20.3. The van der Waals surface area contributed by atoms with E-state index in [1.165, 1.54) is 33.5 Å². The van der Waals surface area contributed by atoms with Crippen molar-refractivity contribution in [3.8, 4) is 6.07 Å². The summed E-state index contributed by atoms with van der Waals surface area (Å²) in [6.07, 6.45) is -5.06. The van der Waals surface area contributed by atoms with Crippen LogP contribution in [0.4, 0.5) is 17.6 Å². The molecule has 1 amide bonds. The largest absolute Gasteiger partial charge is 0.416 e. The zero-order valence-corrected chi connectivity index (χ0v) is 20.3. The molecule has 2 aliphatic rings. The molecule has 2 atom stereocenters. The molecule has 0 radical (unpaired) electrons. The number of hydrogen-bond donors (Lipinski definition) is 2. The highest BCUT2D eigenvalue weighted by atomic mass is 32.2. The summed E-state index contributed by atoms with van der Waals surface area (Å²) < 4.78 is 79.2. The number of aliphatic hydroxyl groups is 1. The Bertz CT molecular complexity index is 1320. The zero-order valence-electron chi connectivity index (χ0n) is 19.4. The number of halogens is 4. The third kappa shape index (κ3) is 5.62. The first-order valence-corrected chi connectivity index (χ1v) is 12.9. The van der Waals surface area contributed by atoms with Gasteiger partial charge >= 0.3 is 6.18 Å². The lowest BCUT2D eigenvalue weighted by Gasteiger charge is -2.34. The molecule has 37 heavy (non-hydrogen) atoms. The van der Waals surface area contributed by atoms with Crippen molar-refractivity contribution in [3.05, 3.63) is 65.0 Å². The van der Waals surface area contributed by atoms with E-state index in [9.17, 15) is 35.9 Å². The minimum Gasteiger partial charge on any atom is -0.374 e. The van der Waals surface area contributed by atoms with E-state index in [0.29, 0.717) is 25.5 Å². The van der Waals surface area contributed by atoms with Crippen LogP contribution in [0.2, 0.25) is 0 Å². The number of nitrogens with one attached hydrogen (secondary N) is 1. The molecular weight excluding hydrogens is 516 g/mol. The number of sulfonamides is 1. The van der Waals surface area contributed by atoms with Crippen molar-refractivity contribution in [1.82, 2.24) is 14.5 Å². The standard InChI is InChI=1S/C24H24F4N4O4S/c25-20-10-18(24(26,27)28)7-6-17(20)12-30-22(33)21-5-2-8-32(21)23(34)16-3-1-4-19(9-16)37(35,36)31-13-15(11-29)14-31/h1,3-4,6-7,9-10,15,21,23,34H,2,5,8,12-14H2,(H,30,33)/t21-,23?/m1/s1. The molecule has 0 saturated carbocycles. The average molecular weight is 541 g/mol. The van der Waals surface area contributed by atoms with Crippen LogP contribution in [0, 0.1) is 23.1 Å². The molecule has 0 spiro atoms. The van der Waals surface area contributed by atoms with Gasteiger partial charge in [-0.15, -0.1) is 0 Å². The number of nitriles is 1. The molecule has 2 saturated heterocycles. The Balaban J connectivity index is 1.43. The number of carbonyl (C=O) groups is 1. The predicted molar refractivity (Wildman–Crippen MR) is 122 cm³/mol. The fourth-order valence-electron chi connectivity index (χ4n) is 4.42. The van der Waals surface area contributed by atoms with Gasteiger partial charge in [-0.05, 0) is 42.7 Å². The molecule has 2 N–H and O–H groups in total. The first-order chi connectivity index (χ1) is 17.4. The van der Waals surface area contributed by atoms with Crippen LogP contribution in [0.15, 0.2) is 47.4 Å². The number of amides is 1. The molecule has 8 nitrogen and oxygen atoms in total. The van der Waals surface area contributed by atoms with Crippen LogP contribution in [-0.4, -0.2) is 54.3 Å². The molecule has 4 rings (SSSR count). The van der Waals surface area contributed by atoms with Crippen molar-refractivity contribution in [3.63, 3.8) is 0 Å². The topological polar surface area (TPSA) is 114 Å². The lowest BCUT2D eigenvalue weighted by molar-refractivity contribution is -0.137. The van der Waals surface area contributed by atoms with Gasteiger partial charge in [0, 0.05) is 31.7 Å². The van der Waals surface area contributed by atoms with Crippen molar-refractivity contribution in [2.75, 3.05) is 19.6 Å².